The maximum Gasteiger partial charge on any atom is 0.327 e. The fourth-order valence-electron chi connectivity index (χ4n) is 1.67. The van der Waals surface area contributed by atoms with Gasteiger partial charge in [0.1, 0.15) is 16.9 Å². The van der Waals surface area contributed by atoms with E-state index in [1.54, 1.807) is 0 Å². The van der Waals surface area contributed by atoms with Gasteiger partial charge in [-0.2, -0.15) is 0 Å². The molecule has 108 valence electrons. The third kappa shape index (κ3) is 4.09. The Balaban J connectivity index is 2.03. The van der Waals surface area contributed by atoms with Gasteiger partial charge in [0.05, 0.1) is 0 Å². The number of rotatable bonds is 6. The van der Waals surface area contributed by atoms with Gasteiger partial charge in [0.15, 0.2) is 0 Å². The summed E-state index contributed by atoms with van der Waals surface area (Å²) in [6.07, 6.45) is 2.03. The molecule has 2 rings (SSSR count). The number of nitrogens with zero attached hydrogens (tertiary/aromatic N) is 1. The quantitative estimate of drug-likeness (QED) is 0.515. The number of amides is 1. The first-order chi connectivity index (χ1) is 9.45. The number of nitrogens with one attached hydrogen (secondary N) is 2. The van der Waals surface area contributed by atoms with Gasteiger partial charge in [-0.05, 0) is 12.8 Å². The first-order valence-electron chi connectivity index (χ1n) is 6.19. The van der Waals surface area contributed by atoms with Crippen molar-refractivity contribution >= 4 is 23.6 Å². The van der Waals surface area contributed by atoms with Crippen LogP contribution < -0.4 is 10.9 Å². The van der Waals surface area contributed by atoms with Crippen LogP contribution in [0.5, 0.6) is 0 Å². The van der Waals surface area contributed by atoms with Crippen molar-refractivity contribution in [1.82, 2.24) is 15.3 Å². The highest BCUT2D eigenvalue weighted by atomic mass is 32.2. The summed E-state index contributed by atoms with van der Waals surface area (Å²) in [6, 6.07) is 0.339. The van der Waals surface area contributed by atoms with Gasteiger partial charge in [-0.25, -0.2) is 9.78 Å². The van der Waals surface area contributed by atoms with Crippen molar-refractivity contribution in [2.75, 3.05) is 5.75 Å². The number of H-pyrrole nitrogens is 1. The van der Waals surface area contributed by atoms with E-state index in [4.69, 9.17) is 5.11 Å². The Labute approximate surface area is 119 Å². The zero-order valence-electron chi connectivity index (χ0n) is 10.9. The van der Waals surface area contributed by atoms with Gasteiger partial charge < -0.3 is 15.4 Å². The summed E-state index contributed by atoms with van der Waals surface area (Å²) in [5.74, 6) is -0.425. The fraction of sp³-hybridized carbons (Fsp3) is 0.500. The van der Waals surface area contributed by atoms with Crippen molar-refractivity contribution in [2.24, 2.45) is 0 Å². The van der Waals surface area contributed by atoms with Gasteiger partial charge in [-0.1, -0.05) is 0 Å². The maximum atomic E-state index is 11.5. The van der Waals surface area contributed by atoms with Gasteiger partial charge in [-0.3, -0.25) is 9.59 Å². The van der Waals surface area contributed by atoms with Crippen LogP contribution in [0.25, 0.3) is 0 Å². The molecule has 0 aromatic carbocycles. The van der Waals surface area contributed by atoms with Crippen molar-refractivity contribution in [3.8, 4) is 0 Å². The lowest BCUT2D eigenvalue weighted by atomic mass is 10.3. The Morgan fingerprint density at radius 1 is 1.60 bits per heavy atom. The van der Waals surface area contributed by atoms with Crippen LogP contribution in [0.4, 0.5) is 0 Å². The first-order valence-corrected chi connectivity index (χ1v) is 7.18. The number of thioether (sulfide) groups is 1. The molecule has 1 heterocycles. The molecule has 0 radical (unpaired) electrons. The fourth-order valence-corrected chi connectivity index (χ4v) is 2.58. The summed E-state index contributed by atoms with van der Waals surface area (Å²) < 4.78 is 0. The standard InChI is InChI=1S/C12H15N3O4S/c1-6(16)13-8(12(18)19)5-20-10-4-9(17)14-11(15-10)7-2-3-7/h4,7-8H,2-3,5H2,1H3,(H,13,16)(H,18,19)(H,14,15,17)/t8-/m0/s1. The molecule has 1 atom stereocenters. The zero-order valence-corrected chi connectivity index (χ0v) is 11.7. The molecule has 3 N–H and O–H groups in total. The van der Waals surface area contributed by atoms with Crippen LogP contribution >= 0.6 is 11.8 Å². The largest absolute Gasteiger partial charge is 0.480 e. The van der Waals surface area contributed by atoms with Crippen molar-refractivity contribution < 1.29 is 14.7 Å². The van der Waals surface area contributed by atoms with Crippen molar-refractivity contribution in [3.63, 3.8) is 0 Å². The summed E-state index contributed by atoms with van der Waals surface area (Å²) in [5.41, 5.74) is -0.240. The van der Waals surface area contributed by atoms with Crippen LogP contribution in [0.15, 0.2) is 15.9 Å². The predicted molar refractivity (Wildman–Crippen MR) is 72.8 cm³/mol. The van der Waals surface area contributed by atoms with E-state index >= 15 is 0 Å². The number of carboxylic acid groups (broad SMARTS) is 1. The number of carboxylic acids is 1. The zero-order chi connectivity index (χ0) is 14.7. The van der Waals surface area contributed by atoms with E-state index < -0.39 is 17.9 Å². The number of carbonyl (C=O) groups excluding carboxylic acids is 1. The number of carbonyl (C=O) groups is 2. The van der Waals surface area contributed by atoms with E-state index in [9.17, 15) is 14.4 Å². The molecule has 20 heavy (non-hydrogen) atoms. The molecule has 1 aromatic rings. The number of aromatic nitrogens is 2. The normalized spacial score (nSPS) is 15.7. The molecule has 7 nitrogen and oxygen atoms in total. The number of hydrogen-bond donors (Lipinski definition) is 3. The minimum absolute atomic E-state index is 0.121. The van der Waals surface area contributed by atoms with Crippen LogP contribution in [-0.2, 0) is 9.59 Å². The molecule has 1 saturated carbocycles. The summed E-state index contributed by atoms with van der Waals surface area (Å²) in [7, 11) is 0. The van der Waals surface area contributed by atoms with Crippen LogP contribution in [0, 0.1) is 0 Å². The van der Waals surface area contributed by atoms with Crippen LogP contribution in [0.2, 0.25) is 0 Å². The smallest absolute Gasteiger partial charge is 0.327 e. The van der Waals surface area contributed by atoms with E-state index in [0.717, 1.165) is 24.6 Å². The summed E-state index contributed by atoms with van der Waals surface area (Å²) in [6.45, 7) is 1.26. The van der Waals surface area contributed by atoms with E-state index in [1.165, 1.54) is 13.0 Å². The molecular weight excluding hydrogens is 282 g/mol. The first kappa shape index (κ1) is 14.6. The van der Waals surface area contributed by atoms with E-state index in [-0.39, 0.29) is 11.3 Å². The Morgan fingerprint density at radius 2 is 2.30 bits per heavy atom. The van der Waals surface area contributed by atoms with Crippen molar-refractivity contribution in [3.05, 3.63) is 22.2 Å². The average molecular weight is 297 g/mol. The Kier molecular flexibility index (Phi) is 4.43. The SMILES string of the molecule is CC(=O)N[C@@H](CSc1cc(=O)[nH]c(C2CC2)n1)C(=O)O. The van der Waals surface area contributed by atoms with Gasteiger partial charge in [0, 0.05) is 24.7 Å². The second-order valence-corrected chi connectivity index (χ2v) is 5.69. The molecule has 0 aliphatic heterocycles. The summed E-state index contributed by atoms with van der Waals surface area (Å²) in [4.78, 5) is 40.4. The molecule has 0 unspecified atom stereocenters. The lowest BCUT2D eigenvalue weighted by molar-refractivity contribution is -0.140. The Morgan fingerprint density at radius 3 is 2.85 bits per heavy atom. The monoisotopic (exact) mass is 297 g/mol. The minimum Gasteiger partial charge on any atom is -0.480 e. The molecule has 1 aliphatic rings. The highest BCUT2D eigenvalue weighted by Gasteiger charge is 2.26. The average Bonchev–Trinajstić information content (AvgIpc) is 3.17. The van der Waals surface area contributed by atoms with Gasteiger partial charge in [-0.15, -0.1) is 11.8 Å². The van der Waals surface area contributed by atoms with Crippen molar-refractivity contribution in [2.45, 2.75) is 36.8 Å². The number of aromatic amines is 1. The van der Waals surface area contributed by atoms with Gasteiger partial charge in [0.25, 0.3) is 5.56 Å². The van der Waals surface area contributed by atoms with E-state index in [0.29, 0.717) is 16.8 Å². The van der Waals surface area contributed by atoms with Crippen LogP contribution in [-0.4, -0.2) is 38.7 Å². The maximum absolute atomic E-state index is 11.5. The highest BCUT2D eigenvalue weighted by molar-refractivity contribution is 7.99. The van der Waals surface area contributed by atoms with Gasteiger partial charge in [0.2, 0.25) is 5.91 Å². The minimum atomic E-state index is -1.11. The van der Waals surface area contributed by atoms with Crippen molar-refractivity contribution in [1.29, 1.82) is 0 Å². The Hall–Kier alpha value is -1.83. The third-order valence-corrected chi connectivity index (χ3v) is 3.78. The van der Waals surface area contributed by atoms with Crippen LogP contribution in [0.1, 0.15) is 31.5 Å². The second-order valence-electron chi connectivity index (χ2n) is 4.65. The topological polar surface area (TPSA) is 112 Å². The molecule has 1 amide bonds. The lowest BCUT2D eigenvalue weighted by Gasteiger charge is -2.12. The number of hydrogen-bond acceptors (Lipinski definition) is 5. The Bertz CT molecular complexity index is 582. The molecule has 1 aromatic heterocycles. The lowest BCUT2D eigenvalue weighted by Crippen LogP contribution is -2.41. The third-order valence-electron chi connectivity index (χ3n) is 2.77. The van der Waals surface area contributed by atoms with E-state index in [2.05, 4.69) is 15.3 Å². The molecule has 0 spiro atoms. The number of aliphatic carboxylic acids is 1. The predicted octanol–water partition coefficient (Wildman–Crippen LogP) is 0.329. The summed E-state index contributed by atoms with van der Waals surface area (Å²) in [5, 5.41) is 11.8. The molecule has 1 aliphatic carbocycles. The molecular formula is C12H15N3O4S. The molecule has 8 heteroatoms. The second kappa shape index (κ2) is 6.08. The molecule has 1 fully saturated rings. The van der Waals surface area contributed by atoms with E-state index in [1.807, 2.05) is 0 Å². The molecule has 0 bridgehead atoms. The van der Waals surface area contributed by atoms with Gasteiger partial charge >= 0.3 is 5.97 Å². The summed E-state index contributed by atoms with van der Waals surface area (Å²) >= 11 is 1.15. The van der Waals surface area contributed by atoms with Crippen LogP contribution in [0.3, 0.4) is 0 Å². The highest BCUT2D eigenvalue weighted by Crippen LogP contribution is 2.37. The molecule has 0 saturated heterocycles.